The number of rotatable bonds is 6. The van der Waals surface area contributed by atoms with Crippen LogP contribution < -0.4 is 10.6 Å². The summed E-state index contributed by atoms with van der Waals surface area (Å²) in [6.07, 6.45) is 11.9. The summed E-state index contributed by atoms with van der Waals surface area (Å²) < 4.78 is 5.44. The minimum atomic E-state index is 0.443. The van der Waals surface area contributed by atoms with Crippen LogP contribution in [-0.2, 0) is 4.74 Å². The van der Waals surface area contributed by atoms with Gasteiger partial charge in [-0.3, -0.25) is 0 Å². The zero-order chi connectivity index (χ0) is 20.1. The van der Waals surface area contributed by atoms with E-state index in [1.165, 1.54) is 32.1 Å². The van der Waals surface area contributed by atoms with Gasteiger partial charge in [-0.25, -0.2) is 9.97 Å². The van der Waals surface area contributed by atoms with Crippen LogP contribution in [0.3, 0.4) is 0 Å². The molecule has 156 valence electrons. The highest BCUT2D eigenvalue weighted by Crippen LogP contribution is 2.35. The fraction of sp³-hybridized carbons (Fsp3) is 0.545. The number of ether oxygens (including phenoxy) is 1. The van der Waals surface area contributed by atoms with E-state index in [9.17, 15) is 0 Å². The number of nitrogens with one attached hydrogen (secondary N) is 2. The number of aromatic nitrogens is 2. The molecule has 0 unspecified atom stereocenters. The summed E-state index contributed by atoms with van der Waals surface area (Å²) >= 11 is 12.9. The van der Waals surface area contributed by atoms with E-state index < -0.39 is 0 Å². The van der Waals surface area contributed by atoms with Gasteiger partial charge in [0.2, 0.25) is 0 Å². The number of nitrogens with zero attached hydrogens (tertiary/aromatic N) is 2. The minimum Gasteiger partial charge on any atom is -0.384 e. The van der Waals surface area contributed by atoms with Crippen LogP contribution in [0.2, 0.25) is 10.2 Å². The van der Waals surface area contributed by atoms with E-state index in [2.05, 4.69) is 20.6 Å². The Morgan fingerprint density at radius 2 is 1.72 bits per heavy atom. The van der Waals surface area contributed by atoms with Crippen molar-refractivity contribution >= 4 is 34.7 Å². The highest BCUT2D eigenvalue weighted by Gasteiger charge is 2.17. The summed E-state index contributed by atoms with van der Waals surface area (Å²) in [5.41, 5.74) is 2.63. The molecule has 2 aromatic rings. The molecule has 7 heteroatoms. The smallest absolute Gasteiger partial charge is 0.137 e. The molecular weight excluding hydrogens is 407 g/mol. The van der Waals surface area contributed by atoms with Crippen molar-refractivity contribution in [3.63, 3.8) is 0 Å². The molecule has 2 aliphatic rings. The maximum absolute atomic E-state index is 6.49. The standard InChI is InChI=1S/C22H28Cl2N4O/c23-20-14-26-21(28-16-4-2-1-3-5-16)11-18(20)19-10-17(13-27-22(19)24)25-12-15-6-8-29-9-7-15/h10-11,13-16,25H,1-9,12H2,(H,26,28). The number of hydrogen-bond acceptors (Lipinski definition) is 5. The number of pyridine rings is 2. The number of halogens is 2. The van der Waals surface area contributed by atoms with Gasteiger partial charge in [0.25, 0.3) is 0 Å². The molecule has 0 bridgehead atoms. The van der Waals surface area contributed by atoms with E-state index in [0.717, 1.165) is 55.2 Å². The van der Waals surface area contributed by atoms with Gasteiger partial charge in [-0.1, -0.05) is 42.5 Å². The van der Waals surface area contributed by atoms with Crippen LogP contribution in [0.4, 0.5) is 11.5 Å². The Bertz CT molecular complexity index is 820. The zero-order valence-corrected chi connectivity index (χ0v) is 18.1. The van der Waals surface area contributed by atoms with Crippen molar-refractivity contribution in [1.29, 1.82) is 0 Å². The maximum Gasteiger partial charge on any atom is 0.137 e. The molecule has 29 heavy (non-hydrogen) atoms. The van der Waals surface area contributed by atoms with Gasteiger partial charge in [0, 0.05) is 43.1 Å². The van der Waals surface area contributed by atoms with Crippen molar-refractivity contribution < 1.29 is 4.74 Å². The molecule has 1 saturated heterocycles. The third-order valence-electron chi connectivity index (χ3n) is 5.88. The fourth-order valence-electron chi connectivity index (χ4n) is 4.13. The molecule has 1 aliphatic carbocycles. The average molecular weight is 435 g/mol. The van der Waals surface area contributed by atoms with Gasteiger partial charge in [-0.05, 0) is 43.7 Å². The zero-order valence-electron chi connectivity index (χ0n) is 16.6. The van der Waals surface area contributed by atoms with Crippen LogP contribution in [0.1, 0.15) is 44.9 Å². The molecule has 1 aliphatic heterocycles. The van der Waals surface area contributed by atoms with Crippen molar-refractivity contribution in [2.75, 3.05) is 30.4 Å². The summed E-state index contributed by atoms with van der Waals surface area (Å²) in [6, 6.07) is 4.49. The molecule has 2 fully saturated rings. The second-order valence-electron chi connectivity index (χ2n) is 8.03. The molecule has 4 rings (SSSR count). The van der Waals surface area contributed by atoms with E-state index >= 15 is 0 Å². The molecule has 0 spiro atoms. The monoisotopic (exact) mass is 434 g/mol. The summed E-state index contributed by atoms with van der Waals surface area (Å²) in [5.74, 6) is 1.46. The van der Waals surface area contributed by atoms with Crippen LogP contribution in [0, 0.1) is 5.92 Å². The molecule has 2 aromatic heterocycles. The van der Waals surface area contributed by atoms with Gasteiger partial charge in [0.15, 0.2) is 0 Å². The van der Waals surface area contributed by atoms with Gasteiger partial charge in [-0.2, -0.15) is 0 Å². The number of hydrogen-bond donors (Lipinski definition) is 2. The minimum absolute atomic E-state index is 0.443. The first kappa shape index (κ1) is 20.7. The fourth-order valence-corrected chi connectivity index (χ4v) is 4.54. The number of anilines is 2. The molecule has 0 aromatic carbocycles. The van der Waals surface area contributed by atoms with E-state index in [0.29, 0.717) is 22.1 Å². The predicted octanol–water partition coefficient (Wildman–Crippen LogP) is 6.03. The lowest BCUT2D eigenvalue weighted by Gasteiger charge is -2.24. The topological polar surface area (TPSA) is 59.1 Å². The Morgan fingerprint density at radius 3 is 2.52 bits per heavy atom. The summed E-state index contributed by atoms with van der Waals surface area (Å²) in [5, 5.41) is 8.08. The summed E-state index contributed by atoms with van der Waals surface area (Å²) in [6.45, 7) is 2.60. The SMILES string of the molecule is Clc1cnc(NC2CCCCC2)cc1-c1cc(NCC2CCOCC2)cnc1Cl. The highest BCUT2D eigenvalue weighted by atomic mass is 35.5. The second-order valence-corrected chi connectivity index (χ2v) is 8.79. The first-order valence-electron chi connectivity index (χ1n) is 10.6. The Morgan fingerprint density at radius 1 is 0.931 bits per heavy atom. The Kier molecular flexibility index (Phi) is 7.11. The summed E-state index contributed by atoms with van der Waals surface area (Å²) in [4.78, 5) is 8.86. The normalized spacial score (nSPS) is 18.6. The lowest BCUT2D eigenvalue weighted by atomic mass is 9.95. The highest BCUT2D eigenvalue weighted by molar-refractivity contribution is 6.36. The lowest BCUT2D eigenvalue weighted by Crippen LogP contribution is -2.22. The van der Waals surface area contributed by atoms with Gasteiger partial charge in [0.1, 0.15) is 11.0 Å². The van der Waals surface area contributed by atoms with Crippen molar-refractivity contribution in [1.82, 2.24) is 9.97 Å². The van der Waals surface area contributed by atoms with Gasteiger partial charge in [0.05, 0.1) is 16.9 Å². The summed E-state index contributed by atoms with van der Waals surface area (Å²) in [7, 11) is 0. The van der Waals surface area contributed by atoms with E-state index in [1.807, 2.05) is 12.1 Å². The molecule has 5 nitrogen and oxygen atoms in total. The quantitative estimate of drug-likeness (QED) is 0.543. The van der Waals surface area contributed by atoms with Crippen molar-refractivity contribution in [3.8, 4) is 11.1 Å². The molecule has 2 N–H and O–H groups in total. The van der Waals surface area contributed by atoms with E-state index in [-0.39, 0.29) is 0 Å². The van der Waals surface area contributed by atoms with Gasteiger partial charge >= 0.3 is 0 Å². The van der Waals surface area contributed by atoms with Crippen LogP contribution in [0.5, 0.6) is 0 Å². The van der Waals surface area contributed by atoms with Crippen LogP contribution in [-0.4, -0.2) is 35.8 Å². The predicted molar refractivity (Wildman–Crippen MR) is 120 cm³/mol. The van der Waals surface area contributed by atoms with E-state index in [1.54, 1.807) is 12.4 Å². The first-order valence-corrected chi connectivity index (χ1v) is 11.3. The average Bonchev–Trinajstić information content (AvgIpc) is 2.76. The Balaban J connectivity index is 1.50. The molecule has 1 saturated carbocycles. The van der Waals surface area contributed by atoms with Crippen molar-refractivity contribution in [3.05, 3.63) is 34.7 Å². The second kappa shape index (κ2) is 9.96. The van der Waals surface area contributed by atoms with Gasteiger partial charge in [-0.15, -0.1) is 0 Å². The van der Waals surface area contributed by atoms with E-state index in [4.69, 9.17) is 27.9 Å². The third-order valence-corrected chi connectivity index (χ3v) is 6.48. The third kappa shape index (κ3) is 5.53. The van der Waals surface area contributed by atoms with Crippen molar-refractivity contribution in [2.24, 2.45) is 5.92 Å². The molecule has 0 atom stereocenters. The Hall–Kier alpha value is -1.56. The molecule has 0 radical (unpaired) electrons. The molecule has 0 amide bonds. The molecule has 3 heterocycles. The largest absolute Gasteiger partial charge is 0.384 e. The van der Waals surface area contributed by atoms with Crippen LogP contribution >= 0.6 is 23.2 Å². The van der Waals surface area contributed by atoms with Gasteiger partial charge < -0.3 is 15.4 Å². The lowest BCUT2D eigenvalue weighted by molar-refractivity contribution is 0.0699. The Labute approximate surface area is 182 Å². The molecular formula is C22H28Cl2N4O. The van der Waals surface area contributed by atoms with Crippen molar-refractivity contribution in [2.45, 2.75) is 51.0 Å². The van der Waals surface area contributed by atoms with Crippen LogP contribution in [0.25, 0.3) is 11.1 Å². The first-order chi connectivity index (χ1) is 14.2. The van der Waals surface area contributed by atoms with Crippen LogP contribution in [0.15, 0.2) is 24.5 Å². The maximum atomic E-state index is 6.49.